The predicted molar refractivity (Wildman–Crippen MR) is 137 cm³/mol. The maximum Gasteiger partial charge on any atom is 0.305 e. The molecule has 6 N–H and O–H groups in total. The molecule has 8 nitrogen and oxygen atoms in total. The number of benzene rings is 3. The molecule has 0 aliphatic heterocycles. The molecule has 0 saturated carbocycles. The van der Waals surface area contributed by atoms with Gasteiger partial charge in [-0.05, 0) is 35.2 Å². The number of H-pyrrole nitrogens is 1. The van der Waals surface area contributed by atoms with Gasteiger partial charge in [0.25, 0.3) is 0 Å². The van der Waals surface area contributed by atoms with Crippen molar-refractivity contribution in [1.82, 2.24) is 15.6 Å². The van der Waals surface area contributed by atoms with Crippen LogP contribution < -0.4 is 20.2 Å². The molecule has 1 heterocycles. The molecule has 0 aliphatic rings. The molecule has 35 heavy (non-hydrogen) atoms. The van der Waals surface area contributed by atoms with E-state index in [9.17, 15) is 20.1 Å². The molecule has 9 heteroatoms. The number of aliphatic hydroxyl groups is 2. The Kier molecular flexibility index (Phi) is 7.84. The zero-order chi connectivity index (χ0) is 24.8. The Balaban J connectivity index is 1.30. The summed E-state index contributed by atoms with van der Waals surface area (Å²) >= 11 is 0.929. The minimum Gasteiger partial charge on any atom is -0.506 e. The maximum absolute atomic E-state index is 11.7. The zero-order valence-electron chi connectivity index (χ0n) is 19.4. The highest BCUT2D eigenvalue weighted by Gasteiger charge is 2.25. The van der Waals surface area contributed by atoms with E-state index in [1.165, 1.54) is 6.07 Å². The van der Waals surface area contributed by atoms with E-state index < -0.39 is 5.91 Å². The number of fused-ring (bicyclic) bond motifs is 1. The number of thiazole rings is 1. The molecule has 0 unspecified atom stereocenters. The molecule has 3 aromatic carbocycles. The average Bonchev–Trinajstić information content (AvgIpc) is 3.24. The highest BCUT2D eigenvalue weighted by atomic mass is 32.1. The van der Waals surface area contributed by atoms with E-state index in [1.807, 2.05) is 42.5 Å². The fraction of sp³-hybridized carbons (Fsp3) is 0.269. The molecule has 0 atom stereocenters. The van der Waals surface area contributed by atoms with Crippen molar-refractivity contribution in [3.63, 3.8) is 0 Å². The second-order valence-electron chi connectivity index (χ2n) is 8.37. The summed E-state index contributed by atoms with van der Waals surface area (Å²) < 4.78 is 5.90. The van der Waals surface area contributed by atoms with Gasteiger partial charge in [0.15, 0.2) is 0 Å². The van der Waals surface area contributed by atoms with Crippen LogP contribution in [0.1, 0.15) is 22.3 Å². The summed E-state index contributed by atoms with van der Waals surface area (Å²) in [5.41, 5.74) is 4.16. The van der Waals surface area contributed by atoms with Crippen molar-refractivity contribution in [2.75, 3.05) is 13.7 Å². The Bertz CT molecular complexity index is 1350. The first-order valence-corrected chi connectivity index (χ1v) is 12.1. The first-order chi connectivity index (χ1) is 16.8. The summed E-state index contributed by atoms with van der Waals surface area (Å²) in [4.78, 5) is 13.9. The Labute approximate surface area is 206 Å². The van der Waals surface area contributed by atoms with Crippen LogP contribution in [0.3, 0.4) is 0 Å². The molecule has 0 fully saturated rings. The third-order valence-electron chi connectivity index (χ3n) is 5.73. The van der Waals surface area contributed by atoms with Gasteiger partial charge in [-0.25, -0.2) is 0 Å². The van der Waals surface area contributed by atoms with Crippen LogP contribution in [0.5, 0.6) is 11.5 Å². The molecule has 0 spiro atoms. The van der Waals surface area contributed by atoms with Gasteiger partial charge in [-0.1, -0.05) is 59.9 Å². The lowest BCUT2D eigenvalue weighted by molar-refractivity contribution is -0.183. The first kappa shape index (κ1) is 24.9. The smallest absolute Gasteiger partial charge is 0.305 e. The van der Waals surface area contributed by atoms with Crippen molar-refractivity contribution in [2.24, 2.45) is 0 Å². The van der Waals surface area contributed by atoms with E-state index >= 15 is 0 Å². The molecular formula is C26H29N3O5S. The van der Waals surface area contributed by atoms with E-state index in [0.717, 1.165) is 33.8 Å². The van der Waals surface area contributed by atoms with E-state index in [4.69, 9.17) is 4.74 Å². The standard InChI is InChI=1S/C26H29N3O5S/c1-34-22-8-3-2-7-20(22)16-27-15-18-6-4-5-17(13-18)11-12-28-26(32,33)14-19-9-10-21(30)23-24(19)35-25(31)29-23/h2-10,13,27-28,30,32-33H,11-12,14-16H2,1H3,(H,29,31). The highest BCUT2D eigenvalue weighted by Crippen LogP contribution is 2.29. The van der Waals surface area contributed by atoms with Gasteiger partial charge < -0.3 is 30.4 Å². The van der Waals surface area contributed by atoms with E-state index in [2.05, 4.69) is 21.7 Å². The number of aromatic nitrogens is 1. The number of aromatic hydroxyl groups is 1. The van der Waals surface area contributed by atoms with E-state index in [-0.39, 0.29) is 17.0 Å². The van der Waals surface area contributed by atoms with Gasteiger partial charge in [-0.3, -0.25) is 10.1 Å². The van der Waals surface area contributed by atoms with Crippen LogP contribution >= 0.6 is 11.3 Å². The number of hydrogen-bond donors (Lipinski definition) is 6. The van der Waals surface area contributed by atoms with E-state index in [0.29, 0.717) is 41.8 Å². The van der Waals surface area contributed by atoms with Gasteiger partial charge in [0.1, 0.15) is 17.0 Å². The second kappa shape index (κ2) is 11.0. The normalized spacial score (nSPS) is 11.7. The number of rotatable bonds is 11. The van der Waals surface area contributed by atoms with Crippen molar-refractivity contribution in [1.29, 1.82) is 0 Å². The van der Waals surface area contributed by atoms with Crippen LogP contribution in [0, 0.1) is 0 Å². The number of methoxy groups -OCH3 is 1. The van der Waals surface area contributed by atoms with Crippen molar-refractivity contribution in [3.8, 4) is 11.5 Å². The van der Waals surface area contributed by atoms with Gasteiger partial charge in [-0.2, -0.15) is 0 Å². The fourth-order valence-corrected chi connectivity index (χ4v) is 4.90. The number of phenolic OH excluding ortho intramolecular Hbond substituents is 1. The minimum absolute atomic E-state index is 0.0474. The van der Waals surface area contributed by atoms with Crippen molar-refractivity contribution in [3.05, 3.63) is 92.6 Å². The number of aromatic amines is 1. The molecule has 184 valence electrons. The molecule has 0 radical (unpaired) electrons. The lowest BCUT2D eigenvalue weighted by Gasteiger charge is -2.23. The second-order valence-corrected chi connectivity index (χ2v) is 9.35. The molecule has 1 aromatic heterocycles. The largest absolute Gasteiger partial charge is 0.506 e. The molecular weight excluding hydrogens is 466 g/mol. The summed E-state index contributed by atoms with van der Waals surface area (Å²) in [7, 11) is 1.66. The van der Waals surface area contributed by atoms with Crippen LogP contribution in [0.4, 0.5) is 0 Å². The monoisotopic (exact) mass is 495 g/mol. The van der Waals surface area contributed by atoms with Crippen molar-refractivity contribution in [2.45, 2.75) is 31.8 Å². The van der Waals surface area contributed by atoms with Gasteiger partial charge in [0, 0.05) is 31.6 Å². The summed E-state index contributed by atoms with van der Waals surface area (Å²) in [6.45, 7) is 1.73. The summed E-state index contributed by atoms with van der Waals surface area (Å²) in [5, 5.41) is 37.1. The summed E-state index contributed by atoms with van der Waals surface area (Å²) in [6.07, 6.45) is 0.468. The summed E-state index contributed by atoms with van der Waals surface area (Å²) in [5.74, 6) is -1.35. The molecule has 0 saturated heterocycles. The number of para-hydroxylation sites is 1. The quantitative estimate of drug-likeness (QED) is 0.177. The van der Waals surface area contributed by atoms with Crippen molar-refractivity contribution >= 4 is 21.6 Å². The molecule has 4 aromatic rings. The van der Waals surface area contributed by atoms with Crippen LogP contribution in [0.2, 0.25) is 0 Å². The lowest BCUT2D eigenvalue weighted by atomic mass is 10.1. The van der Waals surface area contributed by atoms with E-state index in [1.54, 1.807) is 13.2 Å². The number of ether oxygens (including phenoxy) is 1. The van der Waals surface area contributed by atoms with Gasteiger partial charge >= 0.3 is 4.87 Å². The molecule has 0 amide bonds. The maximum atomic E-state index is 11.7. The van der Waals surface area contributed by atoms with Crippen LogP contribution in [0.25, 0.3) is 10.2 Å². The Hall–Kier alpha value is -3.21. The van der Waals surface area contributed by atoms with Gasteiger partial charge in [-0.15, -0.1) is 0 Å². The van der Waals surface area contributed by atoms with Gasteiger partial charge in [0.2, 0.25) is 5.91 Å². The predicted octanol–water partition coefficient (Wildman–Crippen LogP) is 2.61. The Morgan fingerprint density at radius 1 is 1.00 bits per heavy atom. The topological polar surface area (TPSA) is 127 Å². The molecule has 4 rings (SSSR count). The molecule has 0 bridgehead atoms. The van der Waals surface area contributed by atoms with Crippen molar-refractivity contribution < 1.29 is 20.1 Å². The summed E-state index contributed by atoms with van der Waals surface area (Å²) in [6, 6.07) is 19.1. The zero-order valence-corrected chi connectivity index (χ0v) is 20.2. The van der Waals surface area contributed by atoms with Crippen LogP contribution in [-0.2, 0) is 25.9 Å². The third kappa shape index (κ3) is 6.47. The average molecular weight is 496 g/mol. The Morgan fingerprint density at radius 3 is 2.63 bits per heavy atom. The SMILES string of the molecule is COc1ccccc1CNCc1cccc(CCNC(O)(O)Cc2ccc(O)c3[nH]c(=O)sc23)c1. The first-order valence-electron chi connectivity index (χ1n) is 11.3. The number of nitrogens with one attached hydrogen (secondary N) is 3. The van der Waals surface area contributed by atoms with Crippen LogP contribution in [-0.4, -0.2) is 39.9 Å². The fourth-order valence-electron chi connectivity index (χ4n) is 4.03. The Morgan fingerprint density at radius 2 is 1.80 bits per heavy atom. The number of phenols is 1. The van der Waals surface area contributed by atoms with Crippen LogP contribution in [0.15, 0.2) is 65.5 Å². The number of hydrogen-bond acceptors (Lipinski definition) is 8. The molecule has 0 aliphatic carbocycles. The van der Waals surface area contributed by atoms with Gasteiger partial charge in [0.05, 0.1) is 11.8 Å². The minimum atomic E-state index is -2.16. The highest BCUT2D eigenvalue weighted by molar-refractivity contribution is 7.16. The third-order valence-corrected chi connectivity index (χ3v) is 6.68. The lowest BCUT2D eigenvalue weighted by Crippen LogP contribution is -2.47.